The number of allylic oxidation sites excluding steroid dienone is 4. The number of anilines is 2. The predicted octanol–water partition coefficient (Wildman–Crippen LogP) is 3.87. The van der Waals surface area contributed by atoms with E-state index < -0.39 is 0 Å². The Kier molecular flexibility index (Phi) is 7.88. The molecule has 0 aliphatic heterocycles. The minimum Gasteiger partial charge on any atom is -0.421 e. The number of aromatic nitrogens is 6. The van der Waals surface area contributed by atoms with Gasteiger partial charge in [-0.2, -0.15) is 0 Å². The number of rotatable bonds is 6. The standard InChI is InChI=1S/C18H20N2O.C7H8N6O/c1-5-9-14(7-3)20-16(10-6-2)19-15-12-8-11-13(4)17(15)18(20)21;1-3-12-13-7(14-3)4-5(8)10-2-11-6(4)9/h5,7-9,11-12H,1,3,6,10H2,2,4H3;2H,1H3,(H4,8,9,10,11)/b14-9+;. The van der Waals surface area contributed by atoms with Crippen LogP contribution in [0.25, 0.3) is 28.1 Å². The van der Waals surface area contributed by atoms with Crippen LogP contribution in [-0.4, -0.2) is 29.7 Å². The number of nitrogens with zero attached hydrogens (tertiary/aromatic N) is 6. The number of hydrogen-bond donors (Lipinski definition) is 2. The van der Waals surface area contributed by atoms with Crippen LogP contribution in [0.4, 0.5) is 11.6 Å². The van der Waals surface area contributed by atoms with E-state index >= 15 is 0 Å². The van der Waals surface area contributed by atoms with E-state index in [4.69, 9.17) is 15.9 Å². The van der Waals surface area contributed by atoms with Crippen LogP contribution in [0.1, 0.15) is 30.6 Å². The number of nitrogens with two attached hydrogens (primary N) is 2. The molecule has 3 aromatic heterocycles. The number of nitrogen functional groups attached to an aromatic ring is 2. The summed E-state index contributed by atoms with van der Waals surface area (Å²) in [6, 6.07) is 5.75. The molecule has 0 bridgehead atoms. The highest BCUT2D eigenvalue weighted by molar-refractivity contribution is 5.82. The molecule has 35 heavy (non-hydrogen) atoms. The van der Waals surface area contributed by atoms with Crippen molar-refractivity contribution in [2.75, 3.05) is 11.5 Å². The predicted molar refractivity (Wildman–Crippen MR) is 138 cm³/mol. The molecule has 4 rings (SSSR count). The van der Waals surface area contributed by atoms with Crippen molar-refractivity contribution in [2.24, 2.45) is 0 Å². The highest BCUT2D eigenvalue weighted by atomic mass is 16.4. The number of fused-ring (bicyclic) bond motifs is 1. The minimum atomic E-state index is -0.0467. The Morgan fingerprint density at radius 3 is 2.43 bits per heavy atom. The van der Waals surface area contributed by atoms with Gasteiger partial charge < -0.3 is 15.9 Å². The van der Waals surface area contributed by atoms with Crippen LogP contribution in [-0.2, 0) is 6.42 Å². The first-order chi connectivity index (χ1) is 16.8. The molecule has 180 valence electrons. The van der Waals surface area contributed by atoms with Crippen molar-refractivity contribution in [2.45, 2.75) is 33.6 Å². The van der Waals surface area contributed by atoms with Gasteiger partial charge in [0.25, 0.3) is 11.4 Å². The van der Waals surface area contributed by atoms with Crippen LogP contribution in [0.15, 0.2) is 65.1 Å². The van der Waals surface area contributed by atoms with Gasteiger partial charge in [0.1, 0.15) is 29.4 Å². The van der Waals surface area contributed by atoms with Gasteiger partial charge in [0.05, 0.1) is 10.9 Å². The molecule has 0 saturated heterocycles. The lowest BCUT2D eigenvalue weighted by molar-refractivity contribution is 0.533. The molecule has 0 aliphatic rings. The summed E-state index contributed by atoms with van der Waals surface area (Å²) >= 11 is 0. The molecular weight excluding hydrogens is 444 g/mol. The van der Waals surface area contributed by atoms with Crippen LogP contribution >= 0.6 is 0 Å². The second-order valence-corrected chi connectivity index (χ2v) is 7.56. The van der Waals surface area contributed by atoms with Crippen molar-refractivity contribution >= 4 is 28.2 Å². The maximum absolute atomic E-state index is 12.9. The molecule has 0 amide bonds. The number of aryl methyl sites for hydroxylation is 3. The molecule has 0 fully saturated rings. The van der Waals surface area contributed by atoms with Crippen molar-refractivity contribution in [3.63, 3.8) is 0 Å². The lowest BCUT2D eigenvalue weighted by Gasteiger charge is -2.14. The maximum Gasteiger partial charge on any atom is 0.266 e. The molecule has 10 heteroatoms. The summed E-state index contributed by atoms with van der Waals surface area (Å²) in [6.07, 6.45) is 8.02. The highest BCUT2D eigenvalue weighted by Gasteiger charge is 2.15. The topological polar surface area (TPSA) is 152 Å². The lowest BCUT2D eigenvalue weighted by Crippen LogP contribution is -2.25. The van der Waals surface area contributed by atoms with Gasteiger partial charge in [0.15, 0.2) is 0 Å². The fourth-order valence-corrected chi connectivity index (χ4v) is 3.48. The first-order valence-electron chi connectivity index (χ1n) is 11.0. The number of hydrogen-bond acceptors (Lipinski definition) is 9. The maximum atomic E-state index is 12.9. The Balaban J connectivity index is 0.000000211. The summed E-state index contributed by atoms with van der Waals surface area (Å²) in [5, 5.41) is 8.10. The normalized spacial score (nSPS) is 11.1. The van der Waals surface area contributed by atoms with Crippen LogP contribution in [0, 0.1) is 13.8 Å². The van der Waals surface area contributed by atoms with Crippen molar-refractivity contribution < 1.29 is 4.42 Å². The summed E-state index contributed by atoms with van der Waals surface area (Å²) in [5.41, 5.74) is 13.9. The van der Waals surface area contributed by atoms with Crippen LogP contribution < -0.4 is 17.0 Å². The van der Waals surface area contributed by atoms with E-state index in [0.29, 0.717) is 22.5 Å². The fourth-order valence-electron chi connectivity index (χ4n) is 3.48. The first-order valence-corrected chi connectivity index (χ1v) is 11.0. The van der Waals surface area contributed by atoms with Crippen LogP contribution in [0.5, 0.6) is 0 Å². The summed E-state index contributed by atoms with van der Waals surface area (Å²) in [5.74, 6) is 1.87. The average molecular weight is 473 g/mol. The van der Waals surface area contributed by atoms with Gasteiger partial charge in [-0.15, -0.1) is 10.2 Å². The molecule has 0 spiro atoms. The summed E-state index contributed by atoms with van der Waals surface area (Å²) in [4.78, 5) is 25.2. The van der Waals surface area contributed by atoms with Gasteiger partial charge in [-0.25, -0.2) is 15.0 Å². The Hall–Kier alpha value is -4.60. The van der Waals surface area contributed by atoms with Crippen molar-refractivity contribution in [1.29, 1.82) is 0 Å². The Morgan fingerprint density at radius 1 is 1.14 bits per heavy atom. The van der Waals surface area contributed by atoms with Gasteiger partial charge in [0, 0.05) is 19.0 Å². The molecule has 4 aromatic rings. The van der Waals surface area contributed by atoms with Crippen molar-refractivity contribution in [1.82, 2.24) is 29.7 Å². The molecular formula is C25H28N8O2. The molecule has 10 nitrogen and oxygen atoms in total. The molecule has 4 N–H and O–H groups in total. The monoisotopic (exact) mass is 472 g/mol. The Morgan fingerprint density at radius 2 is 1.86 bits per heavy atom. The number of benzene rings is 1. The van der Waals surface area contributed by atoms with Crippen LogP contribution in [0.3, 0.4) is 0 Å². The molecule has 0 aliphatic carbocycles. The zero-order valence-corrected chi connectivity index (χ0v) is 20.0. The van der Waals surface area contributed by atoms with Crippen molar-refractivity contribution in [3.05, 3.63) is 83.5 Å². The van der Waals surface area contributed by atoms with E-state index in [1.807, 2.05) is 25.1 Å². The third-order valence-corrected chi connectivity index (χ3v) is 5.05. The molecule has 0 atom stereocenters. The van der Waals surface area contributed by atoms with Gasteiger partial charge >= 0.3 is 0 Å². The first kappa shape index (κ1) is 25.0. The SMILES string of the molecule is C=C/C=C(\C=C)n1c(CCC)nc2cccc(C)c2c1=O.Cc1nnc(-c2c(N)ncnc2N)o1. The molecule has 0 saturated carbocycles. The van der Waals surface area contributed by atoms with Crippen molar-refractivity contribution in [3.8, 4) is 11.5 Å². The second kappa shape index (κ2) is 11.0. The summed E-state index contributed by atoms with van der Waals surface area (Å²) < 4.78 is 6.82. The zero-order chi connectivity index (χ0) is 25.5. The smallest absolute Gasteiger partial charge is 0.266 e. The van der Waals surface area contributed by atoms with E-state index in [1.54, 1.807) is 29.7 Å². The fraction of sp³-hybridized carbons (Fsp3) is 0.200. The Labute approximate surface area is 202 Å². The molecule has 0 unspecified atom stereocenters. The highest BCUT2D eigenvalue weighted by Crippen LogP contribution is 2.26. The Bertz CT molecular complexity index is 1450. The van der Waals surface area contributed by atoms with Gasteiger partial charge in [-0.05, 0) is 37.1 Å². The van der Waals surface area contributed by atoms with E-state index in [1.165, 1.54) is 6.33 Å². The van der Waals surface area contributed by atoms with Gasteiger partial charge in [-0.1, -0.05) is 38.3 Å². The quantitative estimate of drug-likeness (QED) is 0.398. The summed E-state index contributed by atoms with van der Waals surface area (Å²) in [6.45, 7) is 13.2. The van der Waals surface area contributed by atoms with Crippen LogP contribution in [0.2, 0.25) is 0 Å². The van der Waals surface area contributed by atoms with Gasteiger partial charge in [0.2, 0.25) is 5.89 Å². The molecule has 3 heterocycles. The third-order valence-electron chi connectivity index (χ3n) is 5.05. The summed E-state index contributed by atoms with van der Waals surface area (Å²) in [7, 11) is 0. The second-order valence-electron chi connectivity index (χ2n) is 7.56. The minimum absolute atomic E-state index is 0.0467. The van der Waals surface area contributed by atoms with E-state index in [9.17, 15) is 4.79 Å². The van der Waals surface area contributed by atoms with Gasteiger partial charge in [-0.3, -0.25) is 9.36 Å². The largest absolute Gasteiger partial charge is 0.421 e. The average Bonchev–Trinajstić information content (AvgIpc) is 3.24. The van der Waals surface area contributed by atoms with E-state index in [0.717, 1.165) is 29.7 Å². The van der Waals surface area contributed by atoms with E-state index in [-0.39, 0.29) is 23.1 Å². The molecule has 1 aromatic carbocycles. The third kappa shape index (κ3) is 5.32. The molecule has 0 radical (unpaired) electrons. The zero-order valence-electron chi connectivity index (χ0n) is 20.0. The van der Waals surface area contributed by atoms with E-state index in [2.05, 4.69) is 45.2 Å². The lowest BCUT2D eigenvalue weighted by atomic mass is 10.1.